The Morgan fingerprint density at radius 3 is 3.07 bits per heavy atom. The Hall–Kier alpha value is -1.36. The van der Waals surface area contributed by atoms with E-state index in [1.807, 2.05) is 0 Å². The van der Waals surface area contributed by atoms with Crippen molar-refractivity contribution in [2.75, 3.05) is 11.9 Å². The number of aromatic nitrogens is 2. The van der Waals surface area contributed by atoms with Crippen molar-refractivity contribution in [3.05, 3.63) is 21.7 Å². The van der Waals surface area contributed by atoms with Gasteiger partial charge in [0.2, 0.25) is 0 Å². The molecule has 0 aromatic carbocycles. The predicted octanol–water partition coefficient (Wildman–Crippen LogP) is -0.0101. The lowest BCUT2D eigenvalue weighted by atomic mass is 10.1. The predicted molar refractivity (Wildman–Crippen MR) is 56.9 cm³/mol. The van der Waals surface area contributed by atoms with E-state index < -0.39 is 0 Å². The van der Waals surface area contributed by atoms with E-state index in [1.165, 1.54) is 12.8 Å². The Labute approximate surface area is 87.3 Å². The molecule has 1 fully saturated rings. The van der Waals surface area contributed by atoms with E-state index in [1.54, 1.807) is 0 Å². The number of nitrogens with zero attached hydrogens (tertiary/aromatic N) is 1. The van der Waals surface area contributed by atoms with E-state index in [0.29, 0.717) is 6.04 Å². The van der Waals surface area contributed by atoms with Crippen molar-refractivity contribution in [1.82, 2.24) is 15.3 Å². The average molecular weight is 206 g/mol. The zero-order valence-electron chi connectivity index (χ0n) is 8.47. The van der Waals surface area contributed by atoms with Crippen molar-refractivity contribution >= 4 is 5.82 Å². The molecular weight excluding hydrogens is 192 g/mol. The highest BCUT2D eigenvalue weighted by atomic mass is 16.1. The maximum atomic E-state index is 11.3. The molecule has 5 nitrogen and oxygen atoms in total. The molecule has 0 radical (unpaired) electrons. The zero-order valence-corrected chi connectivity index (χ0v) is 8.47. The highest BCUT2D eigenvalue weighted by molar-refractivity contribution is 5.48. The molecule has 2 aliphatic rings. The fraction of sp³-hybridized carbons (Fsp3) is 0.600. The van der Waals surface area contributed by atoms with Crippen molar-refractivity contribution < 1.29 is 0 Å². The Balaban J connectivity index is 2.01. The monoisotopic (exact) mass is 206 g/mol. The minimum Gasteiger partial charge on any atom is -0.367 e. The number of aromatic amines is 1. The highest BCUT2D eigenvalue weighted by Crippen LogP contribution is 2.26. The smallest absolute Gasteiger partial charge is 0.347 e. The second-order valence-electron chi connectivity index (χ2n) is 4.19. The molecule has 1 aliphatic carbocycles. The first kappa shape index (κ1) is 8.91. The van der Waals surface area contributed by atoms with E-state index in [0.717, 1.165) is 36.6 Å². The minimum absolute atomic E-state index is 0.237. The van der Waals surface area contributed by atoms with Gasteiger partial charge in [-0.15, -0.1) is 0 Å². The summed E-state index contributed by atoms with van der Waals surface area (Å²) >= 11 is 0. The third kappa shape index (κ3) is 1.74. The maximum Gasteiger partial charge on any atom is 0.347 e. The summed E-state index contributed by atoms with van der Waals surface area (Å²) in [5.74, 6) is 0.781. The topological polar surface area (TPSA) is 69.8 Å². The molecule has 0 unspecified atom stereocenters. The molecule has 1 aromatic rings. The van der Waals surface area contributed by atoms with Gasteiger partial charge in [-0.2, -0.15) is 4.98 Å². The van der Waals surface area contributed by atoms with Crippen LogP contribution in [0.5, 0.6) is 0 Å². The van der Waals surface area contributed by atoms with Crippen LogP contribution in [0.2, 0.25) is 0 Å². The third-order valence-corrected chi connectivity index (χ3v) is 2.89. The molecule has 1 saturated carbocycles. The van der Waals surface area contributed by atoms with Gasteiger partial charge in [0.25, 0.3) is 0 Å². The van der Waals surface area contributed by atoms with Gasteiger partial charge in [-0.1, -0.05) is 0 Å². The molecule has 3 rings (SSSR count). The minimum atomic E-state index is -0.237. The van der Waals surface area contributed by atoms with Gasteiger partial charge in [-0.25, -0.2) is 4.79 Å². The summed E-state index contributed by atoms with van der Waals surface area (Å²) in [5.41, 5.74) is 1.93. The van der Waals surface area contributed by atoms with Crippen LogP contribution >= 0.6 is 0 Å². The first-order valence-electron chi connectivity index (χ1n) is 5.42. The number of H-pyrrole nitrogens is 1. The molecule has 0 amide bonds. The standard InChI is InChI=1S/C10H14N4O/c15-10-13-8-3-4-11-5-7(8)9(14-10)12-6-1-2-6/h6,11H,1-5H2,(H2,12,13,14,15). The molecule has 1 aliphatic heterocycles. The van der Waals surface area contributed by atoms with E-state index in [2.05, 4.69) is 20.6 Å². The number of nitrogens with one attached hydrogen (secondary N) is 3. The molecule has 15 heavy (non-hydrogen) atoms. The van der Waals surface area contributed by atoms with Gasteiger partial charge in [0.05, 0.1) is 0 Å². The van der Waals surface area contributed by atoms with Crippen molar-refractivity contribution in [3.8, 4) is 0 Å². The quantitative estimate of drug-likeness (QED) is 0.636. The summed E-state index contributed by atoms with van der Waals surface area (Å²) < 4.78 is 0. The van der Waals surface area contributed by atoms with E-state index in [-0.39, 0.29) is 5.69 Å². The number of hydrogen-bond donors (Lipinski definition) is 3. The normalized spacial score (nSPS) is 19.7. The lowest BCUT2D eigenvalue weighted by Crippen LogP contribution is -2.30. The van der Waals surface area contributed by atoms with Crippen LogP contribution in [0.4, 0.5) is 5.82 Å². The number of hydrogen-bond acceptors (Lipinski definition) is 4. The van der Waals surface area contributed by atoms with Gasteiger partial charge in [0, 0.05) is 36.8 Å². The van der Waals surface area contributed by atoms with Crippen LogP contribution in [0.15, 0.2) is 4.79 Å². The van der Waals surface area contributed by atoms with Gasteiger partial charge in [0.15, 0.2) is 0 Å². The van der Waals surface area contributed by atoms with Crippen molar-refractivity contribution in [3.63, 3.8) is 0 Å². The Morgan fingerprint density at radius 2 is 2.27 bits per heavy atom. The second-order valence-corrected chi connectivity index (χ2v) is 4.19. The number of rotatable bonds is 2. The van der Waals surface area contributed by atoms with Gasteiger partial charge in [-0.05, 0) is 12.8 Å². The summed E-state index contributed by atoms with van der Waals surface area (Å²) in [6, 6.07) is 0.533. The van der Waals surface area contributed by atoms with E-state index >= 15 is 0 Å². The molecule has 1 aromatic heterocycles. The molecule has 3 N–H and O–H groups in total. The first-order chi connectivity index (χ1) is 7.33. The van der Waals surface area contributed by atoms with Gasteiger partial charge in [-0.3, -0.25) is 0 Å². The first-order valence-corrected chi connectivity index (χ1v) is 5.42. The van der Waals surface area contributed by atoms with Gasteiger partial charge >= 0.3 is 5.69 Å². The van der Waals surface area contributed by atoms with Crippen molar-refractivity contribution in [1.29, 1.82) is 0 Å². The van der Waals surface area contributed by atoms with Crippen LogP contribution in [0.25, 0.3) is 0 Å². The lowest BCUT2D eigenvalue weighted by Gasteiger charge is -2.19. The summed E-state index contributed by atoms with van der Waals surface area (Å²) in [6.45, 7) is 1.73. The van der Waals surface area contributed by atoms with Crippen LogP contribution in [0.3, 0.4) is 0 Å². The van der Waals surface area contributed by atoms with Crippen LogP contribution in [0.1, 0.15) is 24.1 Å². The molecule has 0 bridgehead atoms. The van der Waals surface area contributed by atoms with E-state index in [9.17, 15) is 4.79 Å². The van der Waals surface area contributed by atoms with Crippen LogP contribution in [0, 0.1) is 0 Å². The zero-order chi connectivity index (χ0) is 10.3. The lowest BCUT2D eigenvalue weighted by molar-refractivity contribution is 0.623. The third-order valence-electron chi connectivity index (χ3n) is 2.89. The SMILES string of the molecule is O=c1nc(NC2CC2)c2c([nH]1)CCNC2. The fourth-order valence-corrected chi connectivity index (χ4v) is 1.92. The fourth-order valence-electron chi connectivity index (χ4n) is 1.92. The van der Waals surface area contributed by atoms with Crippen molar-refractivity contribution in [2.45, 2.75) is 31.8 Å². The van der Waals surface area contributed by atoms with Gasteiger partial charge in [0.1, 0.15) is 5.82 Å². The largest absolute Gasteiger partial charge is 0.367 e. The number of fused-ring (bicyclic) bond motifs is 1. The molecule has 0 saturated heterocycles. The second kappa shape index (κ2) is 3.34. The summed E-state index contributed by atoms with van der Waals surface area (Å²) in [4.78, 5) is 18.2. The molecule has 0 spiro atoms. The summed E-state index contributed by atoms with van der Waals surface area (Å²) in [6.07, 6.45) is 3.26. The summed E-state index contributed by atoms with van der Waals surface area (Å²) in [5, 5.41) is 6.61. The van der Waals surface area contributed by atoms with Crippen LogP contribution in [-0.2, 0) is 13.0 Å². The van der Waals surface area contributed by atoms with Crippen molar-refractivity contribution in [2.24, 2.45) is 0 Å². The Kier molecular flexibility index (Phi) is 1.98. The average Bonchev–Trinajstić information content (AvgIpc) is 3.01. The Bertz CT molecular complexity index is 436. The molecule has 80 valence electrons. The van der Waals surface area contributed by atoms with Crippen LogP contribution in [-0.4, -0.2) is 22.6 Å². The van der Waals surface area contributed by atoms with Gasteiger partial charge < -0.3 is 15.6 Å². The summed E-state index contributed by atoms with van der Waals surface area (Å²) in [7, 11) is 0. The van der Waals surface area contributed by atoms with Crippen LogP contribution < -0.4 is 16.3 Å². The molecule has 5 heteroatoms. The molecular formula is C10H14N4O. The highest BCUT2D eigenvalue weighted by Gasteiger charge is 2.24. The Morgan fingerprint density at radius 1 is 1.40 bits per heavy atom. The molecule has 2 heterocycles. The maximum absolute atomic E-state index is 11.3. The number of anilines is 1. The van der Waals surface area contributed by atoms with E-state index in [4.69, 9.17) is 0 Å². The molecule has 0 atom stereocenters.